The second-order valence-corrected chi connectivity index (χ2v) is 28.5. The molecule has 3 fully saturated rings. The third kappa shape index (κ3) is 41.2. The Balaban J connectivity index is 1.37. The number of amides is 1. The lowest BCUT2D eigenvalue weighted by Gasteiger charge is -2.48. The molecule has 0 bridgehead atoms. The number of carbonyl (C=O) groups excluding carboxylic acids is 1. The molecule has 0 aromatic heterocycles. The maximum Gasteiger partial charge on any atom is 0.220 e. The smallest absolute Gasteiger partial charge is 0.220 e. The highest BCUT2D eigenvalue weighted by molar-refractivity contribution is 5.76. The zero-order valence-electron chi connectivity index (χ0n) is 62.2. The molecule has 19 nitrogen and oxygen atoms in total. The molecule has 17 atom stereocenters. The largest absolute Gasteiger partial charge is 0.394 e. The number of hydrogen-bond acceptors (Lipinski definition) is 18. The van der Waals surface area contributed by atoms with Crippen molar-refractivity contribution in [1.29, 1.82) is 0 Å². The minimum absolute atomic E-state index is 0.236. The Bertz CT molecular complexity index is 2090. The predicted molar refractivity (Wildman–Crippen MR) is 397 cm³/mol. The Kier molecular flexibility index (Phi) is 56.1. The summed E-state index contributed by atoms with van der Waals surface area (Å²) in [5.41, 5.74) is 0. The summed E-state index contributed by atoms with van der Waals surface area (Å²) >= 11 is 0. The Morgan fingerprint density at radius 1 is 0.370 bits per heavy atom. The summed E-state index contributed by atoms with van der Waals surface area (Å²) in [5.74, 6) is -0.282. The second kappa shape index (κ2) is 61.4. The molecule has 17 unspecified atom stereocenters. The average molecular weight is 1420 g/mol. The number of hydrogen-bond donors (Lipinski definition) is 12. The van der Waals surface area contributed by atoms with Crippen LogP contribution in [0.5, 0.6) is 0 Å². The average Bonchev–Trinajstić information content (AvgIpc) is 0.783. The van der Waals surface area contributed by atoms with Crippen LogP contribution in [0.2, 0.25) is 0 Å². The number of unbranched alkanes of at least 4 members (excludes halogenated alkanes) is 37. The maximum atomic E-state index is 13.5. The van der Waals surface area contributed by atoms with E-state index in [0.29, 0.717) is 12.8 Å². The van der Waals surface area contributed by atoms with Gasteiger partial charge in [0.05, 0.1) is 38.6 Å². The number of nitrogens with one attached hydrogen (secondary N) is 1. The van der Waals surface area contributed by atoms with E-state index in [-0.39, 0.29) is 18.9 Å². The van der Waals surface area contributed by atoms with Gasteiger partial charge in [-0.25, -0.2) is 0 Å². The lowest BCUT2D eigenvalue weighted by Crippen LogP contribution is -2.66. The summed E-state index contributed by atoms with van der Waals surface area (Å²) in [7, 11) is 0. The van der Waals surface area contributed by atoms with Crippen molar-refractivity contribution in [2.45, 2.75) is 407 Å². The minimum atomic E-state index is -1.98. The van der Waals surface area contributed by atoms with Crippen molar-refractivity contribution in [3.8, 4) is 0 Å². The lowest BCUT2D eigenvalue weighted by molar-refractivity contribution is -0.379. The summed E-state index contributed by atoms with van der Waals surface area (Å²) in [6.07, 6.45) is 53.2. The molecule has 0 aromatic rings. The van der Waals surface area contributed by atoms with E-state index in [1.54, 1.807) is 6.08 Å². The molecule has 0 saturated carbocycles. The number of aliphatic hydroxyl groups excluding tert-OH is 11. The van der Waals surface area contributed by atoms with Crippen LogP contribution in [-0.4, -0.2) is 193 Å². The van der Waals surface area contributed by atoms with Gasteiger partial charge in [0.15, 0.2) is 18.9 Å². The molecule has 12 N–H and O–H groups in total. The molecule has 3 aliphatic heterocycles. The molecular weight excluding hydrogens is 1270 g/mol. The van der Waals surface area contributed by atoms with Gasteiger partial charge < -0.3 is 89.9 Å². The van der Waals surface area contributed by atoms with E-state index in [1.807, 2.05) is 6.08 Å². The van der Waals surface area contributed by atoms with Gasteiger partial charge in [0.25, 0.3) is 0 Å². The van der Waals surface area contributed by atoms with Crippen LogP contribution in [0.15, 0.2) is 72.9 Å². The van der Waals surface area contributed by atoms with Crippen molar-refractivity contribution in [2.75, 3.05) is 26.4 Å². The van der Waals surface area contributed by atoms with Crippen LogP contribution in [0.25, 0.3) is 0 Å². The van der Waals surface area contributed by atoms with Gasteiger partial charge in [0.1, 0.15) is 73.2 Å². The van der Waals surface area contributed by atoms with Gasteiger partial charge in [-0.2, -0.15) is 0 Å². The van der Waals surface area contributed by atoms with Gasteiger partial charge in [-0.15, -0.1) is 0 Å². The molecule has 100 heavy (non-hydrogen) atoms. The van der Waals surface area contributed by atoms with Crippen LogP contribution in [0.1, 0.15) is 303 Å². The first-order chi connectivity index (χ1) is 48.8. The number of carbonyl (C=O) groups is 1. The molecule has 1 amide bonds. The fourth-order valence-corrected chi connectivity index (χ4v) is 13.3. The number of allylic oxidation sites excluding steroid dienone is 11. The van der Waals surface area contributed by atoms with Crippen molar-refractivity contribution in [1.82, 2.24) is 5.32 Å². The first-order valence-corrected chi connectivity index (χ1v) is 40.2. The summed E-state index contributed by atoms with van der Waals surface area (Å²) in [5, 5.41) is 121. The number of ether oxygens (including phenoxy) is 6. The first kappa shape index (κ1) is 91.4. The Morgan fingerprint density at radius 3 is 1.12 bits per heavy atom. The van der Waals surface area contributed by atoms with E-state index in [1.165, 1.54) is 205 Å². The van der Waals surface area contributed by atoms with Crippen molar-refractivity contribution in [2.24, 2.45) is 0 Å². The summed E-state index contributed by atoms with van der Waals surface area (Å²) < 4.78 is 34.4. The summed E-state index contributed by atoms with van der Waals surface area (Å²) in [4.78, 5) is 13.5. The molecule has 0 radical (unpaired) electrons. The molecule has 3 saturated heterocycles. The molecule has 0 spiro atoms. The zero-order chi connectivity index (χ0) is 72.5. The standard InChI is InChI=1S/C81H145NO18/c1-3-5-7-9-11-13-15-17-19-21-23-25-27-28-29-30-31-32-33-34-35-36-37-39-41-43-45-47-49-51-53-55-57-59-69(87)82-64(65(86)58-56-54-52-50-48-46-44-42-40-38-26-24-22-20-18-16-14-12-10-8-6-4-2)63-95-79-75(93)72(90)77(67(61-84)97-79)100-81-76(94)73(91)78(68(62-85)98-81)99-80-74(92)71(89)70(88)66(60-83)96-80/h5,7,11,13,17,19,23,25,48,50,56,58,64-68,70-81,83-86,88-94H,3-4,6,8-10,12,14-16,18,20-22,24,26-47,49,51-55,57,59-63H2,1-2H3,(H,82,87)/b7-5-,13-11-,19-17-,25-23-,50-48+,58-56+. The fourth-order valence-electron chi connectivity index (χ4n) is 13.3. The van der Waals surface area contributed by atoms with Crippen molar-refractivity contribution < 1.29 is 89.4 Å². The highest BCUT2D eigenvalue weighted by Gasteiger charge is 2.54. The fraction of sp³-hybridized carbons (Fsp3) is 0.840. The Morgan fingerprint density at radius 2 is 0.700 bits per heavy atom. The van der Waals surface area contributed by atoms with E-state index in [9.17, 15) is 61.0 Å². The number of rotatable bonds is 63. The van der Waals surface area contributed by atoms with Crippen LogP contribution in [0, 0.1) is 0 Å². The lowest BCUT2D eigenvalue weighted by atomic mass is 9.96. The normalized spacial score (nSPS) is 26.8. The molecule has 0 aromatic carbocycles. The molecular formula is C81H145NO18. The molecule has 19 heteroatoms. The molecule has 3 heterocycles. The van der Waals surface area contributed by atoms with Crippen molar-refractivity contribution >= 4 is 5.91 Å². The van der Waals surface area contributed by atoms with E-state index in [2.05, 4.69) is 79.9 Å². The van der Waals surface area contributed by atoms with Crippen LogP contribution in [0.3, 0.4) is 0 Å². The van der Waals surface area contributed by atoms with E-state index in [0.717, 1.165) is 64.2 Å². The zero-order valence-corrected chi connectivity index (χ0v) is 62.2. The summed E-state index contributed by atoms with van der Waals surface area (Å²) in [6.45, 7) is 1.64. The molecule has 582 valence electrons. The topological polar surface area (TPSA) is 307 Å². The minimum Gasteiger partial charge on any atom is -0.394 e. The summed E-state index contributed by atoms with van der Waals surface area (Å²) in [6, 6.07) is -0.993. The van der Waals surface area contributed by atoms with Crippen LogP contribution in [-0.2, 0) is 33.2 Å². The van der Waals surface area contributed by atoms with Crippen LogP contribution in [0.4, 0.5) is 0 Å². The Labute approximate surface area is 604 Å². The Hall–Kier alpha value is -2.77. The maximum absolute atomic E-state index is 13.5. The third-order valence-electron chi connectivity index (χ3n) is 19.7. The van der Waals surface area contributed by atoms with Crippen LogP contribution >= 0.6 is 0 Å². The van der Waals surface area contributed by atoms with Gasteiger partial charge in [0.2, 0.25) is 5.91 Å². The van der Waals surface area contributed by atoms with Gasteiger partial charge in [0, 0.05) is 6.42 Å². The highest BCUT2D eigenvalue weighted by atomic mass is 16.8. The van der Waals surface area contributed by atoms with Gasteiger partial charge in [-0.1, -0.05) is 299 Å². The first-order valence-electron chi connectivity index (χ1n) is 40.2. The monoisotopic (exact) mass is 1420 g/mol. The quantitative estimate of drug-likeness (QED) is 0.0199. The van der Waals surface area contributed by atoms with E-state index < -0.39 is 124 Å². The predicted octanol–water partition coefficient (Wildman–Crippen LogP) is 13.2. The van der Waals surface area contributed by atoms with Gasteiger partial charge in [-0.05, 0) is 70.6 Å². The van der Waals surface area contributed by atoms with E-state index in [4.69, 9.17) is 28.4 Å². The van der Waals surface area contributed by atoms with E-state index >= 15 is 0 Å². The highest BCUT2D eigenvalue weighted by Crippen LogP contribution is 2.33. The number of aliphatic hydroxyl groups is 11. The second-order valence-electron chi connectivity index (χ2n) is 28.5. The molecule has 0 aliphatic carbocycles. The van der Waals surface area contributed by atoms with Gasteiger partial charge in [-0.3, -0.25) is 4.79 Å². The van der Waals surface area contributed by atoms with Crippen molar-refractivity contribution in [3.63, 3.8) is 0 Å². The molecule has 3 rings (SSSR count). The molecule has 3 aliphatic rings. The van der Waals surface area contributed by atoms with Crippen LogP contribution < -0.4 is 5.32 Å². The van der Waals surface area contributed by atoms with Crippen molar-refractivity contribution in [3.05, 3.63) is 72.9 Å². The van der Waals surface area contributed by atoms with Gasteiger partial charge >= 0.3 is 0 Å². The SMILES string of the molecule is CC/C=C\C/C=C\C/C=C\C/C=C\CCCCCCCCCCCCCCCCCCCCCCC(=O)NC(COC1OC(CO)C(OC2OC(CO)C(OC3OC(CO)C(O)C(O)C3O)C(O)C2O)C(O)C1O)C(O)/C=C/CC/C=C/CCCCCCCCCCCCCCCCCC. The third-order valence-corrected chi connectivity index (χ3v) is 19.7.